The maximum absolute atomic E-state index is 10.6. The summed E-state index contributed by atoms with van der Waals surface area (Å²) in [7, 11) is 0. The van der Waals surface area contributed by atoms with E-state index in [2.05, 4.69) is 15.1 Å². The number of hydrogen-bond acceptors (Lipinski definition) is 3. The first-order chi connectivity index (χ1) is 6.75. The minimum absolute atomic E-state index is 0.0965. The van der Waals surface area contributed by atoms with E-state index < -0.39 is 5.97 Å². The third kappa shape index (κ3) is 1.93. The second kappa shape index (κ2) is 3.79. The van der Waals surface area contributed by atoms with E-state index >= 15 is 0 Å². The molecule has 1 aromatic heterocycles. The number of aromatic amines is 1. The topological polar surface area (TPSA) is 69.2 Å². The summed E-state index contributed by atoms with van der Waals surface area (Å²) in [5.41, 5.74) is 0.975. The van der Waals surface area contributed by atoms with Crippen molar-refractivity contribution in [3.05, 3.63) is 17.5 Å². The molecule has 0 radical (unpaired) electrons. The molecule has 1 aliphatic rings. The highest BCUT2D eigenvalue weighted by atomic mass is 16.4. The summed E-state index contributed by atoms with van der Waals surface area (Å²) in [4.78, 5) is 12.8. The Balaban J connectivity index is 1.98. The molecule has 1 fully saturated rings. The molecule has 2 heterocycles. The zero-order valence-electron chi connectivity index (χ0n) is 7.86. The molecule has 0 aromatic carbocycles. The highest BCUT2D eigenvalue weighted by molar-refractivity contribution is 5.85. The van der Waals surface area contributed by atoms with Crippen LogP contribution < -0.4 is 0 Å². The van der Waals surface area contributed by atoms with Gasteiger partial charge in [0.25, 0.3) is 0 Å². The molecule has 0 atom stereocenters. The number of H-pyrrole nitrogens is 1. The quantitative estimate of drug-likeness (QED) is 0.745. The Morgan fingerprint density at radius 3 is 2.86 bits per heavy atom. The maximum Gasteiger partial charge on any atom is 0.356 e. The molecule has 5 heteroatoms. The normalized spacial score (nSPS) is 17.4. The monoisotopic (exact) mass is 195 g/mol. The van der Waals surface area contributed by atoms with Crippen LogP contribution in [-0.2, 0) is 6.54 Å². The third-order valence-electron chi connectivity index (χ3n) is 2.44. The highest BCUT2D eigenvalue weighted by Gasteiger charge is 2.14. The number of hydrogen-bond donors (Lipinski definition) is 2. The first-order valence-corrected chi connectivity index (χ1v) is 4.75. The minimum atomic E-state index is -0.978. The smallest absolute Gasteiger partial charge is 0.356 e. The fourth-order valence-electron chi connectivity index (χ4n) is 1.73. The van der Waals surface area contributed by atoms with Crippen LogP contribution in [0.1, 0.15) is 29.0 Å². The highest BCUT2D eigenvalue weighted by Crippen LogP contribution is 2.11. The first-order valence-electron chi connectivity index (χ1n) is 4.75. The Morgan fingerprint density at radius 1 is 1.57 bits per heavy atom. The van der Waals surface area contributed by atoms with Crippen LogP contribution in [0.4, 0.5) is 0 Å². The van der Waals surface area contributed by atoms with E-state index in [4.69, 9.17) is 5.11 Å². The molecule has 1 aliphatic heterocycles. The van der Waals surface area contributed by atoms with Gasteiger partial charge in [0.15, 0.2) is 5.69 Å². The van der Waals surface area contributed by atoms with Gasteiger partial charge < -0.3 is 5.11 Å². The van der Waals surface area contributed by atoms with E-state index in [0.29, 0.717) is 0 Å². The van der Waals surface area contributed by atoms with Gasteiger partial charge in [-0.2, -0.15) is 5.10 Å². The predicted molar refractivity (Wildman–Crippen MR) is 50.1 cm³/mol. The number of carboxylic acids is 1. The van der Waals surface area contributed by atoms with E-state index in [1.807, 2.05) is 0 Å². The lowest BCUT2D eigenvalue weighted by Gasteiger charge is -2.11. The number of nitrogens with one attached hydrogen (secondary N) is 1. The average Bonchev–Trinajstić information content (AvgIpc) is 2.75. The number of carbonyl (C=O) groups is 1. The van der Waals surface area contributed by atoms with Gasteiger partial charge in [-0.1, -0.05) is 0 Å². The number of rotatable bonds is 3. The Labute approximate surface area is 81.7 Å². The van der Waals surface area contributed by atoms with Gasteiger partial charge >= 0.3 is 5.97 Å². The fraction of sp³-hybridized carbons (Fsp3) is 0.556. The molecular formula is C9H13N3O2. The van der Waals surface area contributed by atoms with Gasteiger partial charge in [0.2, 0.25) is 0 Å². The van der Waals surface area contributed by atoms with Crippen LogP contribution in [0.3, 0.4) is 0 Å². The predicted octanol–water partition coefficient (Wildman–Crippen LogP) is 0.704. The van der Waals surface area contributed by atoms with Gasteiger partial charge in [-0.3, -0.25) is 10.00 Å². The lowest BCUT2D eigenvalue weighted by molar-refractivity contribution is 0.0690. The molecule has 0 amide bonds. The van der Waals surface area contributed by atoms with Gasteiger partial charge in [-0.05, 0) is 32.0 Å². The summed E-state index contributed by atoms with van der Waals surface area (Å²) in [5.74, 6) is -0.978. The van der Waals surface area contributed by atoms with Crippen molar-refractivity contribution in [3.63, 3.8) is 0 Å². The Kier molecular flexibility index (Phi) is 2.49. The Bertz CT molecular complexity index is 329. The van der Waals surface area contributed by atoms with Crippen molar-refractivity contribution in [2.75, 3.05) is 13.1 Å². The van der Waals surface area contributed by atoms with E-state index in [1.54, 1.807) is 6.07 Å². The van der Waals surface area contributed by atoms with Crippen molar-refractivity contribution in [2.45, 2.75) is 19.4 Å². The van der Waals surface area contributed by atoms with Crippen molar-refractivity contribution in [2.24, 2.45) is 0 Å². The molecule has 1 saturated heterocycles. The Morgan fingerprint density at radius 2 is 2.29 bits per heavy atom. The van der Waals surface area contributed by atoms with Crippen molar-refractivity contribution < 1.29 is 9.90 Å². The molecule has 0 bridgehead atoms. The number of nitrogens with zero attached hydrogens (tertiary/aromatic N) is 2. The number of aromatic carboxylic acids is 1. The van der Waals surface area contributed by atoms with Crippen LogP contribution in [0.15, 0.2) is 6.07 Å². The Hall–Kier alpha value is -1.36. The summed E-state index contributed by atoms with van der Waals surface area (Å²) in [6, 6.07) is 1.60. The molecule has 5 nitrogen and oxygen atoms in total. The minimum Gasteiger partial charge on any atom is -0.476 e. The largest absolute Gasteiger partial charge is 0.476 e. The molecular weight excluding hydrogens is 182 g/mol. The van der Waals surface area contributed by atoms with E-state index in [0.717, 1.165) is 25.3 Å². The molecule has 0 aliphatic carbocycles. The van der Waals surface area contributed by atoms with Crippen LogP contribution in [0.5, 0.6) is 0 Å². The molecule has 2 rings (SSSR count). The van der Waals surface area contributed by atoms with Crippen molar-refractivity contribution in [1.29, 1.82) is 0 Å². The molecule has 0 spiro atoms. The van der Waals surface area contributed by atoms with E-state index in [9.17, 15) is 4.79 Å². The van der Waals surface area contributed by atoms with Crippen molar-refractivity contribution in [1.82, 2.24) is 15.1 Å². The third-order valence-corrected chi connectivity index (χ3v) is 2.44. The van der Waals surface area contributed by atoms with Gasteiger partial charge in [0.05, 0.1) is 5.69 Å². The van der Waals surface area contributed by atoms with Crippen LogP contribution in [-0.4, -0.2) is 39.3 Å². The first kappa shape index (κ1) is 9.21. The lowest BCUT2D eigenvalue weighted by Crippen LogP contribution is -2.18. The average molecular weight is 195 g/mol. The fourth-order valence-corrected chi connectivity index (χ4v) is 1.73. The van der Waals surface area contributed by atoms with Crippen LogP contribution in [0, 0.1) is 0 Å². The number of likely N-dealkylation sites (tertiary alicyclic amines) is 1. The lowest BCUT2D eigenvalue weighted by atomic mass is 10.3. The summed E-state index contributed by atoms with van der Waals surface area (Å²) in [6.07, 6.45) is 2.47. The van der Waals surface area contributed by atoms with Crippen molar-refractivity contribution >= 4 is 5.97 Å². The molecule has 14 heavy (non-hydrogen) atoms. The zero-order valence-corrected chi connectivity index (χ0v) is 7.86. The molecule has 0 unspecified atom stereocenters. The van der Waals surface area contributed by atoms with E-state index in [-0.39, 0.29) is 5.69 Å². The molecule has 0 saturated carbocycles. The standard InChI is InChI=1S/C9H13N3O2/c13-9(14)8-5-7(10-11-8)6-12-3-1-2-4-12/h5H,1-4,6H2,(H,10,11)(H,13,14). The summed E-state index contributed by atoms with van der Waals surface area (Å²) < 4.78 is 0. The summed E-state index contributed by atoms with van der Waals surface area (Å²) in [6.45, 7) is 2.98. The number of aromatic nitrogens is 2. The van der Waals surface area contributed by atoms with Gasteiger partial charge in [0.1, 0.15) is 0 Å². The summed E-state index contributed by atoms with van der Waals surface area (Å²) >= 11 is 0. The van der Waals surface area contributed by atoms with Crippen molar-refractivity contribution in [3.8, 4) is 0 Å². The van der Waals surface area contributed by atoms with Crippen LogP contribution >= 0.6 is 0 Å². The van der Waals surface area contributed by atoms with Gasteiger partial charge in [-0.15, -0.1) is 0 Å². The van der Waals surface area contributed by atoms with Gasteiger partial charge in [-0.25, -0.2) is 4.79 Å². The molecule has 2 N–H and O–H groups in total. The maximum atomic E-state index is 10.6. The SMILES string of the molecule is O=C(O)c1cc(CN2CCCC2)[nH]n1. The van der Waals surface area contributed by atoms with E-state index in [1.165, 1.54) is 12.8 Å². The second-order valence-corrected chi connectivity index (χ2v) is 3.57. The summed E-state index contributed by atoms with van der Waals surface area (Å²) in [5, 5.41) is 15.1. The van der Waals surface area contributed by atoms with Crippen LogP contribution in [0.2, 0.25) is 0 Å². The van der Waals surface area contributed by atoms with Gasteiger partial charge in [0, 0.05) is 6.54 Å². The molecule has 1 aromatic rings. The number of carboxylic acid groups (broad SMARTS) is 1. The molecule has 76 valence electrons. The van der Waals surface area contributed by atoms with Crippen LogP contribution in [0.25, 0.3) is 0 Å². The zero-order chi connectivity index (χ0) is 9.97. The second-order valence-electron chi connectivity index (χ2n) is 3.57.